The van der Waals surface area contributed by atoms with Crippen LogP contribution in [-0.2, 0) is 9.53 Å². The molecule has 3 aliphatic rings. The van der Waals surface area contributed by atoms with Gasteiger partial charge in [0, 0.05) is 38.3 Å². The molecule has 6 heteroatoms. The Morgan fingerprint density at radius 1 is 1.11 bits per heavy atom. The van der Waals surface area contributed by atoms with Crippen LogP contribution in [0.3, 0.4) is 0 Å². The van der Waals surface area contributed by atoms with Crippen LogP contribution in [0.15, 0.2) is 30.3 Å². The molecule has 154 valence electrons. The monoisotopic (exact) mass is 387 g/mol. The quantitative estimate of drug-likeness (QED) is 0.836. The first kappa shape index (κ1) is 19.7. The van der Waals surface area contributed by atoms with Crippen LogP contribution in [0.1, 0.15) is 32.1 Å². The van der Waals surface area contributed by atoms with Crippen LogP contribution in [-0.4, -0.2) is 79.8 Å². The minimum Gasteiger partial charge on any atom is -0.489 e. The number of amides is 1. The molecular formula is C22H33N3O3. The molecule has 0 aliphatic carbocycles. The van der Waals surface area contributed by atoms with Crippen molar-refractivity contribution >= 4 is 5.91 Å². The number of carbonyl (C=O) groups is 1. The topological polar surface area (TPSA) is 54.0 Å². The van der Waals surface area contributed by atoms with Gasteiger partial charge in [0.1, 0.15) is 11.9 Å². The smallest absolute Gasteiger partial charge is 0.237 e. The number of piperidine rings is 1. The normalized spacial score (nSPS) is 28.3. The zero-order valence-electron chi connectivity index (χ0n) is 16.9. The van der Waals surface area contributed by atoms with Gasteiger partial charge in [0.25, 0.3) is 0 Å². The molecule has 1 amide bonds. The highest BCUT2D eigenvalue weighted by molar-refractivity contribution is 5.82. The SMILES string of the molecule is CN1CCC(NC(=O)[C@@H]2C[C@H](Oc3ccccc3)CN2C2CCOCC2)CC1. The van der Waals surface area contributed by atoms with Crippen molar-refractivity contribution in [1.29, 1.82) is 0 Å². The highest BCUT2D eigenvalue weighted by Gasteiger charge is 2.42. The largest absolute Gasteiger partial charge is 0.489 e. The number of likely N-dealkylation sites (tertiary alicyclic amines) is 2. The number of rotatable bonds is 5. The van der Waals surface area contributed by atoms with Crippen molar-refractivity contribution in [2.24, 2.45) is 0 Å². The summed E-state index contributed by atoms with van der Waals surface area (Å²) in [4.78, 5) is 17.9. The molecule has 3 aliphatic heterocycles. The van der Waals surface area contributed by atoms with E-state index in [2.05, 4.69) is 22.2 Å². The zero-order valence-corrected chi connectivity index (χ0v) is 16.9. The minimum atomic E-state index is -0.100. The van der Waals surface area contributed by atoms with E-state index < -0.39 is 0 Å². The van der Waals surface area contributed by atoms with E-state index in [0.717, 1.165) is 70.7 Å². The van der Waals surface area contributed by atoms with Gasteiger partial charge in [-0.2, -0.15) is 0 Å². The van der Waals surface area contributed by atoms with Crippen LogP contribution in [0, 0.1) is 0 Å². The summed E-state index contributed by atoms with van der Waals surface area (Å²) in [5.74, 6) is 1.07. The van der Waals surface area contributed by atoms with Crippen LogP contribution >= 0.6 is 0 Å². The van der Waals surface area contributed by atoms with Crippen LogP contribution in [0.5, 0.6) is 5.75 Å². The summed E-state index contributed by atoms with van der Waals surface area (Å²) >= 11 is 0. The molecule has 28 heavy (non-hydrogen) atoms. The maximum Gasteiger partial charge on any atom is 0.237 e. The molecule has 3 saturated heterocycles. The van der Waals surface area contributed by atoms with E-state index in [4.69, 9.17) is 9.47 Å². The van der Waals surface area contributed by atoms with Gasteiger partial charge in [0.15, 0.2) is 0 Å². The molecular weight excluding hydrogens is 354 g/mol. The maximum absolute atomic E-state index is 13.2. The van der Waals surface area contributed by atoms with Gasteiger partial charge in [-0.05, 0) is 58.0 Å². The molecule has 4 rings (SSSR count). The molecule has 0 aromatic heterocycles. The Labute approximate surface area is 168 Å². The standard InChI is InChI=1S/C22H33N3O3/c1-24-11-7-17(8-12-24)23-22(26)21-15-20(28-19-5-3-2-4-6-19)16-25(21)18-9-13-27-14-10-18/h2-6,17-18,20-21H,7-16H2,1H3,(H,23,26)/t20-,21-/m0/s1. The Balaban J connectivity index is 1.41. The van der Waals surface area contributed by atoms with Gasteiger partial charge < -0.3 is 19.7 Å². The van der Waals surface area contributed by atoms with Crippen LogP contribution in [0.2, 0.25) is 0 Å². The number of para-hydroxylation sites is 1. The molecule has 3 fully saturated rings. The lowest BCUT2D eigenvalue weighted by Crippen LogP contribution is -2.52. The fourth-order valence-electron chi connectivity index (χ4n) is 4.73. The first-order valence-electron chi connectivity index (χ1n) is 10.7. The molecule has 0 bridgehead atoms. The van der Waals surface area contributed by atoms with Crippen molar-refractivity contribution in [3.63, 3.8) is 0 Å². The molecule has 1 N–H and O–H groups in total. The molecule has 0 saturated carbocycles. The summed E-state index contributed by atoms with van der Waals surface area (Å²) in [6.45, 7) is 4.49. The molecule has 0 unspecified atom stereocenters. The third-order valence-electron chi connectivity index (χ3n) is 6.37. The lowest BCUT2D eigenvalue weighted by Gasteiger charge is -2.36. The van der Waals surface area contributed by atoms with Crippen molar-refractivity contribution in [2.45, 2.75) is 56.3 Å². The molecule has 3 heterocycles. The fourth-order valence-corrected chi connectivity index (χ4v) is 4.73. The summed E-state index contributed by atoms with van der Waals surface area (Å²) in [6, 6.07) is 10.6. The van der Waals surface area contributed by atoms with Crippen LogP contribution in [0.4, 0.5) is 0 Å². The molecule has 0 radical (unpaired) electrons. The lowest BCUT2D eigenvalue weighted by molar-refractivity contribution is -0.128. The fraction of sp³-hybridized carbons (Fsp3) is 0.682. The number of carbonyl (C=O) groups excluding carboxylic acids is 1. The van der Waals surface area contributed by atoms with Crippen LogP contribution in [0.25, 0.3) is 0 Å². The van der Waals surface area contributed by atoms with E-state index in [9.17, 15) is 4.79 Å². The maximum atomic E-state index is 13.2. The van der Waals surface area contributed by atoms with Gasteiger partial charge >= 0.3 is 0 Å². The Morgan fingerprint density at radius 2 is 1.82 bits per heavy atom. The first-order chi connectivity index (χ1) is 13.7. The predicted molar refractivity (Wildman–Crippen MR) is 108 cm³/mol. The summed E-state index contributed by atoms with van der Waals surface area (Å²) in [5, 5.41) is 3.34. The van der Waals surface area contributed by atoms with Gasteiger partial charge in [-0.3, -0.25) is 9.69 Å². The molecule has 0 spiro atoms. The molecule has 6 nitrogen and oxygen atoms in total. The summed E-state index contributed by atoms with van der Waals surface area (Å²) in [5.41, 5.74) is 0. The molecule has 1 aromatic carbocycles. The Morgan fingerprint density at radius 3 is 2.54 bits per heavy atom. The number of hydrogen-bond donors (Lipinski definition) is 1. The van der Waals surface area contributed by atoms with Gasteiger partial charge in [-0.15, -0.1) is 0 Å². The van der Waals surface area contributed by atoms with Gasteiger partial charge in [-0.1, -0.05) is 18.2 Å². The van der Waals surface area contributed by atoms with E-state index in [-0.39, 0.29) is 18.1 Å². The minimum absolute atomic E-state index is 0.0542. The third-order valence-corrected chi connectivity index (χ3v) is 6.37. The van der Waals surface area contributed by atoms with Crippen molar-refractivity contribution < 1.29 is 14.3 Å². The summed E-state index contributed by atoms with van der Waals surface area (Å²) in [7, 11) is 2.15. The zero-order chi connectivity index (χ0) is 19.3. The second-order valence-electron chi connectivity index (χ2n) is 8.43. The van der Waals surface area contributed by atoms with E-state index in [1.165, 1.54) is 0 Å². The van der Waals surface area contributed by atoms with E-state index in [0.29, 0.717) is 12.1 Å². The number of ether oxygens (including phenoxy) is 2. The molecule has 2 atom stereocenters. The van der Waals surface area contributed by atoms with Gasteiger partial charge in [0.05, 0.1) is 6.04 Å². The molecule has 1 aromatic rings. The van der Waals surface area contributed by atoms with Gasteiger partial charge in [0.2, 0.25) is 5.91 Å². The van der Waals surface area contributed by atoms with E-state index in [1.54, 1.807) is 0 Å². The Bertz CT molecular complexity index is 627. The Hall–Kier alpha value is -1.63. The summed E-state index contributed by atoms with van der Waals surface area (Å²) in [6.07, 6.45) is 4.88. The average molecular weight is 388 g/mol. The van der Waals surface area contributed by atoms with E-state index >= 15 is 0 Å². The van der Waals surface area contributed by atoms with Crippen LogP contribution < -0.4 is 10.1 Å². The highest BCUT2D eigenvalue weighted by atomic mass is 16.5. The van der Waals surface area contributed by atoms with Gasteiger partial charge in [-0.25, -0.2) is 0 Å². The van der Waals surface area contributed by atoms with E-state index in [1.807, 2.05) is 30.3 Å². The number of benzene rings is 1. The van der Waals surface area contributed by atoms with Crippen molar-refractivity contribution in [1.82, 2.24) is 15.1 Å². The number of nitrogens with one attached hydrogen (secondary N) is 1. The third kappa shape index (κ3) is 4.85. The second kappa shape index (κ2) is 9.25. The summed E-state index contributed by atoms with van der Waals surface area (Å²) < 4.78 is 11.8. The number of hydrogen-bond acceptors (Lipinski definition) is 5. The highest BCUT2D eigenvalue weighted by Crippen LogP contribution is 2.29. The lowest BCUT2D eigenvalue weighted by atomic mass is 10.0. The van der Waals surface area contributed by atoms with Crippen molar-refractivity contribution in [3.8, 4) is 5.75 Å². The van der Waals surface area contributed by atoms with Crippen molar-refractivity contribution in [3.05, 3.63) is 30.3 Å². The number of nitrogens with zero attached hydrogens (tertiary/aromatic N) is 2. The average Bonchev–Trinajstić information content (AvgIpc) is 3.15. The predicted octanol–water partition coefficient (Wildman–Crippen LogP) is 1.90. The van der Waals surface area contributed by atoms with Crippen molar-refractivity contribution in [2.75, 3.05) is 39.9 Å². The first-order valence-corrected chi connectivity index (χ1v) is 10.7. The second-order valence-corrected chi connectivity index (χ2v) is 8.43. The Kier molecular flexibility index (Phi) is 6.50.